The van der Waals surface area contributed by atoms with E-state index < -0.39 is 0 Å². The van der Waals surface area contributed by atoms with Crippen LogP contribution in [0.5, 0.6) is 5.75 Å². The molecule has 0 saturated heterocycles. The van der Waals surface area contributed by atoms with Crippen LogP contribution in [0.1, 0.15) is 18.5 Å². The molecule has 0 spiro atoms. The molecule has 0 heterocycles. The topological polar surface area (TPSA) is 21.3 Å². The van der Waals surface area contributed by atoms with Gasteiger partial charge in [-0.1, -0.05) is 39.7 Å². The zero-order chi connectivity index (χ0) is 13.8. The summed E-state index contributed by atoms with van der Waals surface area (Å²) in [5.74, 6) is 0.859. The van der Waals surface area contributed by atoms with Crippen molar-refractivity contribution in [2.75, 3.05) is 12.4 Å². The van der Waals surface area contributed by atoms with Crippen LogP contribution in [0, 0.1) is 0 Å². The summed E-state index contributed by atoms with van der Waals surface area (Å²) in [6.07, 6.45) is 0. The molecule has 0 aromatic heterocycles. The van der Waals surface area contributed by atoms with Gasteiger partial charge < -0.3 is 10.1 Å². The van der Waals surface area contributed by atoms with Gasteiger partial charge in [-0.25, -0.2) is 0 Å². The second-order valence-corrected chi connectivity index (χ2v) is 5.59. The van der Waals surface area contributed by atoms with Crippen molar-refractivity contribution in [3.63, 3.8) is 0 Å². The van der Waals surface area contributed by atoms with Gasteiger partial charge in [0.15, 0.2) is 0 Å². The molecule has 0 aliphatic heterocycles. The maximum absolute atomic E-state index is 6.20. The van der Waals surface area contributed by atoms with Crippen molar-refractivity contribution in [3.05, 3.63) is 57.5 Å². The summed E-state index contributed by atoms with van der Waals surface area (Å²) < 4.78 is 6.13. The fourth-order valence-corrected chi connectivity index (χ4v) is 2.54. The van der Waals surface area contributed by atoms with Crippen LogP contribution in [0.15, 0.2) is 46.9 Å². The molecule has 4 heteroatoms. The zero-order valence-electron chi connectivity index (χ0n) is 10.8. The molecule has 2 aromatic rings. The lowest BCUT2D eigenvalue weighted by atomic mass is 10.1. The molecule has 100 valence electrons. The summed E-state index contributed by atoms with van der Waals surface area (Å²) in [4.78, 5) is 0. The zero-order valence-corrected chi connectivity index (χ0v) is 13.1. The van der Waals surface area contributed by atoms with Crippen molar-refractivity contribution in [2.24, 2.45) is 0 Å². The Hall–Kier alpha value is -1.19. The Balaban J connectivity index is 2.13. The minimum Gasteiger partial charge on any atom is -0.497 e. The Kier molecular flexibility index (Phi) is 4.72. The van der Waals surface area contributed by atoms with Crippen molar-refractivity contribution in [1.82, 2.24) is 0 Å². The number of hydrogen-bond acceptors (Lipinski definition) is 2. The molecule has 1 N–H and O–H groups in total. The molecule has 0 radical (unpaired) electrons. The number of ether oxygens (including phenoxy) is 1. The highest BCUT2D eigenvalue weighted by molar-refractivity contribution is 9.10. The van der Waals surface area contributed by atoms with E-state index in [4.69, 9.17) is 16.3 Å². The van der Waals surface area contributed by atoms with E-state index in [2.05, 4.69) is 28.2 Å². The average molecular weight is 341 g/mol. The summed E-state index contributed by atoms with van der Waals surface area (Å²) >= 11 is 9.59. The van der Waals surface area contributed by atoms with Gasteiger partial charge in [0.25, 0.3) is 0 Å². The van der Waals surface area contributed by atoms with E-state index in [1.54, 1.807) is 7.11 Å². The first-order valence-electron chi connectivity index (χ1n) is 5.95. The summed E-state index contributed by atoms with van der Waals surface area (Å²) in [6.45, 7) is 2.10. The lowest BCUT2D eigenvalue weighted by molar-refractivity contribution is 0.414. The number of rotatable bonds is 4. The van der Waals surface area contributed by atoms with Crippen LogP contribution >= 0.6 is 27.5 Å². The van der Waals surface area contributed by atoms with E-state index >= 15 is 0 Å². The molecule has 2 rings (SSSR count). The van der Waals surface area contributed by atoms with E-state index in [9.17, 15) is 0 Å². The van der Waals surface area contributed by atoms with E-state index in [-0.39, 0.29) is 6.04 Å². The minimum absolute atomic E-state index is 0.171. The molecule has 0 saturated carbocycles. The second kappa shape index (κ2) is 6.31. The largest absolute Gasteiger partial charge is 0.497 e. The highest BCUT2D eigenvalue weighted by atomic mass is 79.9. The Morgan fingerprint density at radius 1 is 1.16 bits per heavy atom. The maximum atomic E-state index is 6.20. The van der Waals surface area contributed by atoms with Crippen LogP contribution in [-0.2, 0) is 0 Å². The lowest BCUT2D eigenvalue weighted by Gasteiger charge is -2.17. The molecular weight excluding hydrogens is 326 g/mol. The summed E-state index contributed by atoms with van der Waals surface area (Å²) in [6, 6.07) is 14.0. The number of nitrogens with one attached hydrogen (secondary N) is 1. The van der Waals surface area contributed by atoms with Gasteiger partial charge in [-0.05, 0) is 42.8 Å². The van der Waals surface area contributed by atoms with E-state index in [0.29, 0.717) is 5.02 Å². The van der Waals surface area contributed by atoms with Gasteiger partial charge in [0, 0.05) is 10.5 Å². The number of anilines is 1. The van der Waals surface area contributed by atoms with Crippen molar-refractivity contribution in [2.45, 2.75) is 13.0 Å². The molecule has 2 nitrogen and oxygen atoms in total. The highest BCUT2D eigenvalue weighted by Gasteiger charge is 2.08. The third-order valence-corrected chi connectivity index (χ3v) is 3.72. The monoisotopic (exact) mass is 339 g/mol. The number of benzene rings is 2. The first kappa shape index (κ1) is 14.2. The normalized spacial score (nSPS) is 12.0. The van der Waals surface area contributed by atoms with Gasteiger partial charge in [-0.2, -0.15) is 0 Å². The number of hydrogen-bond donors (Lipinski definition) is 1. The van der Waals surface area contributed by atoms with Gasteiger partial charge in [0.1, 0.15) is 5.75 Å². The van der Waals surface area contributed by atoms with E-state index in [0.717, 1.165) is 15.9 Å². The molecule has 0 aliphatic carbocycles. The second-order valence-electron chi connectivity index (χ2n) is 4.26. The molecule has 0 aliphatic rings. The lowest BCUT2D eigenvalue weighted by Crippen LogP contribution is -2.06. The summed E-state index contributed by atoms with van der Waals surface area (Å²) in [7, 11) is 1.66. The van der Waals surface area contributed by atoms with Crippen LogP contribution in [0.25, 0.3) is 0 Å². The van der Waals surface area contributed by atoms with Crippen LogP contribution in [0.4, 0.5) is 5.69 Å². The SMILES string of the molecule is COc1ccc(C(C)Nc2ccc(Br)cc2Cl)cc1. The molecule has 0 bridgehead atoms. The molecule has 0 amide bonds. The van der Waals surface area contributed by atoms with Crippen molar-refractivity contribution in [3.8, 4) is 5.75 Å². The molecule has 1 atom stereocenters. The summed E-state index contributed by atoms with van der Waals surface area (Å²) in [5, 5.41) is 4.10. The minimum atomic E-state index is 0.171. The Labute approximate surface area is 126 Å². The van der Waals surface area contributed by atoms with Gasteiger partial charge in [-0.3, -0.25) is 0 Å². The quantitative estimate of drug-likeness (QED) is 0.817. The third-order valence-electron chi connectivity index (χ3n) is 2.92. The number of methoxy groups -OCH3 is 1. The molecule has 1 unspecified atom stereocenters. The fraction of sp³-hybridized carbons (Fsp3) is 0.200. The van der Waals surface area contributed by atoms with Gasteiger partial charge >= 0.3 is 0 Å². The third kappa shape index (κ3) is 3.64. The van der Waals surface area contributed by atoms with Crippen LogP contribution in [-0.4, -0.2) is 7.11 Å². The van der Waals surface area contributed by atoms with Gasteiger partial charge in [0.2, 0.25) is 0 Å². The van der Waals surface area contributed by atoms with Crippen LogP contribution < -0.4 is 10.1 Å². The van der Waals surface area contributed by atoms with Crippen molar-refractivity contribution in [1.29, 1.82) is 0 Å². The molecule has 2 aromatic carbocycles. The Bertz CT molecular complexity index is 557. The van der Waals surface area contributed by atoms with Crippen LogP contribution in [0.2, 0.25) is 5.02 Å². The maximum Gasteiger partial charge on any atom is 0.118 e. The Morgan fingerprint density at radius 2 is 1.84 bits per heavy atom. The van der Waals surface area contributed by atoms with E-state index in [1.165, 1.54) is 5.56 Å². The standard InChI is InChI=1S/C15H15BrClNO/c1-10(11-3-6-13(19-2)7-4-11)18-15-8-5-12(16)9-14(15)17/h3-10,18H,1-2H3. The predicted molar refractivity (Wildman–Crippen MR) is 84.2 cm³/mol. The first-order chi connectivity index (χ1) is 9.10. The predicted octanol–water partition coefficient (Wildman–Crippen LogP) is 5.28. The van der Waals surface area contributed by atoms with Gasteiger partial charge in [-0.15, -0.1) is 0 Å². The van der Waals surface area contributed by atoms with Crippen LogP contribution in [0.3, 0.4) is 0 Å². The first-order valence-corrected chi connectivity index (χ1v) is 7.13. The molecule has 19 heavy (non-hydrogen) atoms. The average Bonchev–Trinajstić information content (AvgIpc) is 2.42. The highest BCUT2D eigenvalue weighted by Crippen LogP contribution is 2.29. The molecule has 0 fully saturated rings. The van der Waals surface area contributed by atoms with Gasteiger partial charge in [0.05, 0.1) is 17.8 Å². The van der Waals surface area contributed by atoms with E-state index in [1.807, 2.05) is 42.5 Å². The number of halogens is 2. The Morgan fingerprint density at radius 3 is 2.42 bits per heavy atom. The smallest absolute Gasteiger partial charge is 0.118 e. The van der Waals surface area contributed by atoms with Crippen molar-refractivity contribution < 1.29 is 4.74 Å². The summed E-state index contributed by atoms with van der Waals surface area (Å²) in [5.41, 5.74) is 2.10. The molecular formula is C15H15BrClNO. The van der Waals surface area contributed by atoms with Crippen molar-refractivity contribution >= 4 is 33.2 Å². The fourth-order valence-electron chi connectivity index (χ4n) is 1.82.